The van der Waals surface area contributed by atoms with Crippen molar-refractivity contribution in [3.8, 4) is 17.6 Å². The van der Waals surface area contributed by atoms with Crippen molar-refractivity contribution in [2.75, 3.05) is 11.3 Å². The first-order valence-corrected chi connectivity index (χ1v) is 9.96. The van der Waals surface area contributed by atoms with Gasteiger partial charge in [0.25, 0.3) is 10.0 Å². The fourth-order valence-corrected chi connectivity index (χ4v) is 3.83. The summed E-state index contributed by atoms with van der Waals surface area (Å²) in [6.07, 6.45) is 2.78. The van der Waals surface area contributed by atoms with E-state index in [2.05, 4.69) is 9.82 Å². The Morgan fingerprint density at radius 2 is 1.93 bits per heavy atom. The SMILES string of the molecule is N#Cc1ccc(S(=O)(=O)Nc2cnn(C[C@@H]3COc4ccccc4O3)c2)cc1. The van der Waals surface area contributed by atoms with Crippen LogP contribution in [0.3, 0.4) is 0 Å². The van der Waals surface area contributed by atoms with Crippen molar-refractivity contribution in [2.24, 2.45) is 0 Å². The molecule has 0 amide bonds. The highest BCUT2D eigenvalue weighted by Crippen LogP contribution is 2.31. The molecule has 0 bridgehead atoms. The van der Waals surface area contributed by atoms with Crippen LogP contribution in [-0.4, -0.2) is 30.9 Å². The van der Waals surface area contributed by atoms with Crippen molar-refractivity contribution >= 4 is 15.7 Å². The van der Waals surface area contributed by atoms with Gasteiger partial charge < -0.3 is 9.47 Å². The number of rotatable bonds is 5. The minimum absolute atomic E-state index is 0.0693. The number of nitrogens with zero attached hydrogens (tertiary/aromatic N) is 3. The van der Waals surface area contributed by atoms with Crippen LogP contribution >= 0.6 is 0 Å². The van der Waals surface area contributed by atoms with E-state index in [9.17, 15) is 8.42 Å². The molecule has 142 valence electrons. The molecule has 0 fully saturated rings. The van der Waals surface area contributed by atoms with Crippen LogP contribution in [0.1, 0.15) is 5.56 Å². The number of fused-ring (bicyclic) bond motifs is 1. The third-order valence-corrected chi connectivity index (χ3v) is 5.53. The summed E-state index contributed by atoms with van der Waals surface area (Å²) >= 11 is 0. The number of para-hydroxylation sites is 2. The summed E-state index contributed by atoms with van der Waals surface area (Å²) in [5, 5.41) is 13.0. The highest BCUT2D eigenvalue weighted by Gasteiger charge is 2.22. The molecule has 1 aromatic heterocycles. The summed E-state index contributed by atoms with van der Waals surface area (Å²) < 4.78 is 40.6. The molecule has 0 saturated carbocycles. The molecule has 1 atom stereocenters. The summed E-state index contributed by atoms with van der Waals surface area (Å²) in [6, 6.07) is 15.1. The van der Waals surface area contributed by atoms with Crippen LogP contribution in [0, 0.1) is 11.3 Å². The molecule has 3 aromatic rings. The normalized spacial score (nSPS) is 15.6. The number of nitrogens with one attached hydrogen (secondary N) is 1. The first-order chi connectivity index (χ1) is 13.5. The zero-order valence-electron chi connectivity index (χ0n) is 14.6. The minimum atomic E-state index is -3.77. The number of benzene rings is 2. The summed E-state index contributed by atoms with van der Waals surface area (Å²) in [6.45, 7) is 0.788. The maximum atomic E-state index is 12.5. The van der Waals surface area contributed by atoms with Crippen LogP contribution < -0.4 is 14.2 Å². The average molecular weight is 396 g/mol. The van der Waals surface area contributed by atoms with Gasteiger partial charge in [-0.2, -0.15) is 10.4 Å². The van der Waals surface area contributed by atoms with Crippen LogP contribution in [0.15, 0.2) is 65.8 Å². The number of hydrogen-bond acceptors (Lipinski definition) is 6. The standard InChI is InChI=1S/C19H16N4O4S/c20-9-14-5-7-17(8-6-14)28(24,25)22-15-10-21-23(11-15)12-16-13-26-18-3-1-2-4-19(18)27-16/h1-8,10-11,16,22H,12-13H2/t16-/m1/s1. The van der Waals surface area contributed by atoms with Gasteiger partial charge in [-0.15, -0.1) is 0 Å². The predicted octanol–water partition coefficient (Wildman–Crippen LogP) is 2.40. The Bertz CT molecular complexity index is 1130. The summed E-state index contributed by atoms with van der Waals surface area (Å²) in [5.74, 6) is 1.38. The second-order valence-corrected chi connectivity index (χ2v) is 7.87. The first kappa shape index (κ1) is 17.9. The lowest BCUT2D eigenvalue weighted by Crippen LogP contribution is -2.33. The second kappa shape index (κ2) is 7.25. The number of sulfonamides is 1. The molecule has 9 heteroatoms. The van der Waals surface area contributed by atoms with Gasteiger partial charge in [-0.3, -0.25) is 9.40 Å². The molecule has 1 N–H and O–H groups in total. The molecule has 0 saturated heterocycles. The van der Waals surface area contributed by atoms with Crippen molar-refractivity contribution in [3.63, 3.8) is 0 Å². The van der Waals surface area contributed by atoms with Gasteiger partial charge in [0.05, 0.1) is 35.0 Å². The maximum Gasteiger partial charge on any atom is 0.261 e. The molecule has 4 rings (SSSR count). The van der Waals surface area contributed by atoms with E-state index in [1.54, 1.807) is 10.9 Å². The summed E-state index contributed by atoms with van der Waals surface area (Å²) in [7, 11) is -3.77. The predicted molar refractivity (Wildman–Crippen MR) is 101 cm³/mol. The Labute approximate surface area is 162 Å². The van der Waals surface area contributed by atoms with E-state index in [-0.39, 0.29) is 11.0 Å². The lowest BCUT2D eigenvalue weighted by atomic mass is 10.2. The highest BCUT2D eigenvalue weighted by atomic mass is 32.2. The van der Waals surface area contributed by atoms with Crippen LogP contribution in [-0.2, 0) is 16.6 Å². The quantitative estimate of drug-likeness (QED) is 0.710. The fraction of sp³-hybridized carbons (Fsp3) is 0.158. The Balaban J connectivity index is 1.42. The molecular formula is C19H16N4O4S. The molecule has 1 aliphatic heterocycles. The van der Waals surface area contributed by atoms with Crippen molar-refractivity contribution in [1.29, 1.82) is 5.26 Å². The van der Waals surface area contributed by atoms with E-state index in [0.717, 1.165) is 0 Å². The largest absolute Gasteiger partial charge is 0.486 e. The molecule has 1 aliphatic rings. The third-order valence-electron chi connectivity index (χ3n) is 4.14. The lowest BCUT2D eigenvalue weighted by molar-refractivity contribution is 0.0759. The van der Waals surface area contributed by atoms with Gasteiger partial charge in [-0.25, -0.2) is 8.42 Å². The van der Waals surface area contributed by atoms with Crippen LogP contribution in [0.25, 0.3) is 0 Å². The Hall–Kier alpha value is -3.51. The lowest BCUT2D eigenvalue weighted by Gasteiger charge is -2.26. The second-order valence-electron chi connectivity index (χ2n) is 6.19. The molecule has 0 unspecified atom stereocenters. The zero-order chi connectivity index (χ0) is 19.6. The maximum absolute atomic E-state index is 12.5. The first-order valence-electron chi connectivity index (χ1n) is 8.47. The Morgan fingerprint density at radius 1 is 1.18 bits per heavy atom. The van der Waals surface area contributed by atoms with E-state index in [1.807, 2.05) is 30.3 Å². The van der Waals surface area contributed by atoms with Gasteiger partial charge in [0, 0.05) is 6.20 Å². The molecule has 2 heterocycles. The van der Waals surface area contributed by atoms with Gasteiger partial charge in [0.2, 0.25) is 0 Å². The number of aromatic nitrogens is 2. The van der Waals surface area contributed by atoms with Crippen molar-refractivity contribution in [2.45, 2.75) is 17.5 Å². The number of ether oxygens (including phenoxy) is 2. The smallest absolute Gasteiger partial charge is 0.261 e. The molecule has 0 radical (unpaired) electrons. The monoisotopic (exact) mass is 396 g/mol. The van der Waals surface area contributed by atoms with Gasteiger partial charge in [-0.05, 0) is 36.4 Å². The van der Waals surface area contributed by atoms with Gasteiger partial charge in [0.15, 0.2) is 17.6 Å². The molecule has 8 nitrogen and oxygen atoms in total. The summed E-state index contributed by atoms with van der Waals surface area (Å²) in [4.78, 5) is 0.0693. The topological polar surface area (TPSA) is 106 Å². The van der Waals surface area contributed by atoms with Gasteiger partial charge in [-0.1, -0.05) is 12.1 Å². The van der Waals surface area contributed by atoms with E-state index >= 15 is 0 Å². The Kier molecular flexibility index (Phi) is 4.63. The van der Waals surface area contributed by atoms with Gasteiger partial charge in [0.1, 0.15) is 6.61 Å². The molecule has 0 spiro atoms. The molecule has 0 aliphatic carbocycles. The van der Waals surface area contributed by atoms with Crippen molar-refractivity contribution in [1.82, 2.24) is 9.78 Å². The number of anilines is 1. The van der Waals surface area contributed by atoms with Crippen molar-refractivity contribution in [3.05, 3.63) is 66.5 Å². The fourth-order valence-electron chi connectivity index (χ4n) is 2.80. The van der Waals surface area contributed by atoms with E-state index < -0.39 is 10.0 Å². The average Bonchev–Trinajstić information content (AvgIpc) is 3.14. The molecule has 28 heavy (non-hydrogen) atoms. The van der Waals surface area contributed by atoms with Crippen LogP contribution in [0.2, 0.25) is 0 Å². The molecule has 2 aromatic carbocycles. The van der Waals surface area contributed by atoms with Crippen molar-refractivity contribution < 1.29 is 17.9 Å². The number of nitriles is 1. The molecular weight excluding hydrogens is 380 g/mol. The third kappa shape index (κ3) is 3.77. The van der Waals surface area contributed by atoms with Crippen LogP contribution in [0.4, 0.5) is 5.69 Å². The number of hydrogen-bond donors (Lipinski definition) is 1. The van der Waals surface area contributed by atoms with E-state index in [1.165, 1.54) is 30.5 Å². The summed E-state index contributed by atoms with van der Waals surface area (Å²) in [5.41, 5.74) is 0.726. The zero-order valence-corrected chi connectivity index (χ0v) is 15.5. The van der Waals surface area contributed by atoms with Crippen LogP contribution in [0.5, 0.6) is 11.5 Å². The van der Waals surface area contributed by atoms with Gasteiger partial charge >= 0.3 is 0 Å². The van der Waals surface area contributed by atoms with E-state index in [0.29, 0.717) is 35.9 Å². The van der Waals surface area contributed by atoms with E-state index in [4.69, 9.17) is 14.7 Å². The highest BCUT2D eigenvalue weighted by molar-refractivity contribution is 7.92. The minimum Gasteiger partial charge on any atom is -0.486 e. The Morgan fingerprint density at radius 3 is 2.68 bits per heavy atom.